The van der Waals surface area contributed by atoms with Crippen LogP contribution in [0.15, 0.2) is 53.1 Å². The number of rotatable bonds is 2. The van der Waals surface area contributed by atoms with Gasteiger partial charge in [-0.05, 0) is 43.3 Å². The molecule has 3 aromatic rings. The summed E-state index contributed by atoms with van der Waals surface area (Å²) in [5.41, 5.74) is 3.01. The maximum Gasteiger partial charge on any atom is 0.174 e. The predicted octanol–water partition coefficient (Wildman–Crippen LogP) is 3.73. The van der Waals surface area contributed by atoms with Crippen molar-refractivity contribution in [3.63, 3.8) is 0 Å². The van der Waals surface area contributed by atoms with Gasteiger partial charge in [-0.15, -0.1) is 0 Å². The van der Waals surface area contributed by atoms with Gasteiger partial charge in [0, 0.05) is 11.1 Å². The van der Waals surface area contributed by atoms with E-state index in [-0.39, 0.29) is 11.5 Å². The minimum atomic E-state index is 0.156. The van der Waals surface area contributed by atoms with Gasteiger partial charge >= 0.3 is 0 Å². The molecule has 0 aliphatic carbocycles. The average Bonchev–Trinajstić information content (AvgIpc) is 2.82. The monoisotopic (exact) mass is 267 g/mol. The average molecular weight is 267 g/mol. The lowest BCUT2D eigenvalue weighted by molar-refractivity contribution is 0.428. The van der Waals surface area contributed by atoms with E-state index in [4.69, 9.17) is 4.52 Å². The van der Waals surface area contributed by atoms with Crippen LogP contribution in [0.2, 0.25) is 0 Å². The molecule has 4 heteroatoms. The molecule has 3 rings (SSSR count). The van der Waals surface area contributed by atoms with Crippen molar-refractivity contribution in [2.45, 2.75) is 6.92 Å². The zero-order chi connectivity index (χ0) is 14.1. The zero-order valence-corrected chi connectivity index (χ0v) is 10.9. The molecule has 0 unspecified atom stereocenters. The summed E-state index contributed by atoms with van der Waals surface area (Å²) in [6, 6.07) is 13.7. The van der Waals surface area contributed by atoms with Crippen LogP contribution in [-0.4, -0.2) is 15.4 Å². The van der Waals surface area contributed by atoms with Crippen LogP contribution in [0.5, 0.6) is 11.5 Å². The normalized spacial score (nSPS) is 10.7. The maximum absolute atomic E-state index is 9.88. The summed E-state index contributed by atoms with van der Waals surface area (Å²) in [6.07, 6.45) is 0. The first-order valence-corrected chi connectivity index (χ1v) is 6.21. The SMILES string of the molecule is Cc1c(-c2ccc(O)cc2)noc1-c1ccccc1O. The van der Waals surface area contributed by atoms with Crippen LogP contribution < -0.4 is 0 Å². The molecule has 20 heavy (non-hydrogen) atoms. The van der Waals surface area contributed by atoms with Crippen LogP contribution in [0.25, 0.3) is 22.6 Å². The summed E-state index contributed by atoms with van der Waals surface area (Å²) in [5, 5.41) is 23.3. The number of aromatic nitrogens is 1. The van der Waals surface area contributed by atoms with Gasteiger partial charge in [0.1, 0.15) is 17.2 Å². The minimum absolute atomic E-state index is 0.156. The quantitative estimate of drug-likeness (QED) is 0.742. The molecule has 0 radical (unpaired) electrons. The van der Waals surface area contributed by atoms with Gasteiger partial charge in [-0.1, -0.05) is 17.3 Å². The van der Waals surface area contributed by atoms with Gasteiger partial charge < -0.3 is 14.7 Å². The van der Waals surface area contributed by atoms with Crippen LogP contribution >= 0.6 is 0 Å². The Balaban J connectivity index is 2.09. The molecule has 0 saturated heterocycles. The van der Waals surface area contributed by atoms with Gasteiger partial charge in [0.2, 0.25) is 0 Å². The Morgan fingerprint density at radius 2 is 1.65 bits per heavy atom. The standard InChI is InChI=1S/C16H13NO3/c1-10-15(11-6-8-12(18)9-7-11)17-20-16(10)13-4-2-3-5-14(13)19/h2-9,18-19H,1H3. The van der Waals surface area contributed by atoms with Crippen LogP contribution in [-0.2, 0) is 0 Å². The molecule has 0 bridgehead atoms. The highest BCUT2D eigenvalue weighted by Crippen LogP contribution is 2.35. The smallest absolute Gasteiger partial charge is 0.174 e. The third kappa shape index (κ3) is 2.01. The number of hydrogen-bond acceptors (Lipinski definition) is 4. The number of benzene rings is 2. The van der Waals surface area contributed by atoms with Crippen molar-refractivity contribution in [2.24, 2.45) is 0 Å². The molecule has 0 fully saturated rings. The van der Waals surface area contributed by atoms with Crippen molar-refractivity contribution in [1.82, 2.24) is 5.16 Å². The molecular formula is C16H13NO3. The number of para-hydroxylation sites is 1. The zero-order valence-electron chi connectivity index (χ0n) is 10.9. The molecule has 0 spiro atoms. The summed E-state index contributed by atoms with van der Waals surface area (Å²) in [7, 11) is 0. The van der Waals surface area contributed by atoms with Gasteiger partial charge in [0.15, 0.2) is 5.76 Å². The van der Waals surface area contributed by atoms with Crippen LogP contribution in [0.1, 0.15) is 5.56 Å². The van der Waals surface area contributed by atoms with E-state index in [1.54, 1.807) is 42.5 Å². The van der Waals surface area contributed by atoms with Crippen molar-refractivity contribution in [2.75, 3.05) is 0 Å². The highest BCUT2D eigenvalue weighted by molar-refractivity contribution is 5.75. The first-order chi connectivity index (χ1) is 9.66. The van der Waals surface area contributed by atoms with Gasteiger partial charge in [0.05, 0.1) is 5.56 Å². The first-order valence-electron chi connectivity index (χ1n) is 6.21. The second kappa shape index (κ2) is 4.74. The second-order valence-electron chi connectivity index (χ2n) is 4.55. The summed E-state index contributed by atoms with van der Waals surface area (Å²) in [6.45, 7) is 1.89. The van der Waals surface area contributed by atoms with E-state index in [0.29, 0.717) is 17.0 Å². The molecule has 0 amide bonds. The van der Waals surface area contributed by atoms with Gasteiger partial charge in [-0.2, -0.15) is 0 Å². The molecule has 1 aromatic heterocycles. The van der Waals surface area contributed by atoms with Crippen molar-refractivity contribution in [3.8, 4) is 34.1 Å². The Hall–Kier alpha value is -2.75. The van der Waals surface area contributed by atoms with E-state index in [0.717, 1.165) is 11.1 Å². The van der Waals surface area contributed by atoms with Crippen molar-refractivity contribution >= 4 is 0 Å². The highest BCUT2D eigenvalue weighted by Gasteiger charge is 2.17. The predicted molar refractivity (Wildman–Crippen MR) is 75.4 cm³/mol. The van der Waals surface area contributed by atoms with Crippen LogP contribution in [0.4, 0.5) is 0 Å². The number of hydrogen-bond donors (Lipinski definition) is 2. The van der Waals surface area contributed by atoms with Crippen LogP contribution in [0, 0.1) is 6.92 Å². The number of phenols is 2. The lowest BCUT2D eigenvalue weighted by atomic mass is 10.0. The minimum Gasteiger partial charge on any atom is -0.508 e. The fourth-order valence-corrected chi connectivity index (χ4v) is 2.14. The van der Waals surface area contributed by atoms with Gasteiger partial charge in [0.25, 0.3) is 0 Å². The molecule has 0 saturated carbocycles. The molecular weight excluding hydrogens is 254 g/mol. The highest BCUT2D eigenvalue weighted by atomic mass is 16.5. The topological polar surface area (TPSA) is 66.5 Å². The Morgan fingerprint density at radius 3 is 2.35 bits per heavy atom. The second-order valence-corrected chi connectivity index (χ2v) is 4.55. The van der Waals surface area contributed by atoms with Gasteiger partial charge in [-0.25, -0.2) is 0 Å². The van der Waals surface area contributed by atoms with Crippen LogP contribution in [0.3, 0.4) is 0 Å². The molecule has 2 N–H and O–H groups in total. The Kier molecular flexibility index (Phi) is 2.91. The summed E-state index contributed by atoms with van der Waals surface area (Å²) in [5.74, 6) is 0.908. The number of aromatic hydroxyl groups is 2. The molecule has 1 heterocycles. The molecule has 4 nitrogen and oxygen atoms in total. The Bertz CT molecular complexity index is 745. The van der Waals surface area contributed by atoms with Crippen molar-refractivity contribution in [3.05, 3.63) is 54.1 Å². The number of phenolic OH excluding ortho intramolecular Hbond substituents is 2. The maximum atomic E-state index is 9.88. The van der Waals surface area contributed by atoms with Crippen molar-refractivity contribution < 1.29 is 14.7 Å². The number of nitrogens with zero attached hydrogens (tertiary/aromatic N) is 1. The summed E-state index contributed by atoms with van der Waals surface area (Å²) >= 11 is 0. The molecule has 2 aromatic carbocycles. The molecule has 100 valence electrons. The molecule has 0 aliphatic heterocycles. The fraction of sp³-hybridized carbons (Fsp3) is 0.0625. The van der Waals surface area contributed by atoms with E-state index in [9.17, 15) is 10.2 Å². The Morgan fingerprint density at radius 1 is 0.950 bits per heavy atom. The molecule has 0 atom stereocenters. The fourth-order valence-electron chi connectivity index (χ4n) is 2.14. The van der Waals surface area contributed by atoms with Crippen molar-refractivity contribution in [1.29, 1.82) is 0 Å². The largest absolute Gasteiger partial charge is 0.508 e. The summed E-state index contributed by atoms with van der Waals surface area (Å²) in [4.78, 5) is 0. The van der Waals surface area contributed by atoms with E-state index in [1.165, 1.54) is 0 Å². The van der Waals surface area contributed by atoms with E-state index < -0.39 is 0 Å². The third-order valence-electron chi connectivity index (χ3n) is 3.21. The Labute approximate surface area is 115 Å². The van der Waals surface area contributed by atoms with E-state index in [2.05, 4.69) is 5.16 Å². The summed E-state index contributed by atoms with van der Waals surface area (Å²) < 4.78 is 5.37. The lowest BCUT2D eigenvalue weighted by Gasteiger charge is -2.01. The third-order valence-corrected chi connectivity index (χ3v) is 3.21. The molecule has 0 aliphatic rings. The van der Waals surface area contributed by atoms with E-state index in [1.807, 2.05) is 13.0 Å². The van der Waals surface area contributed by atoms with Gasteiger partial charge in [-0.3, -0.25) is 0 Å². The van der Waals surface area contributed by atoms with E-state index >= 15 is 0 Å². The first kappa shape index (κ1) is 12.3. The lowest BCUT2D eigenvalue weighted by Crippen LogP contribution is -1.82.